The van der Waals surface area contributed by atoms with Crippen molar-refractivity contribution in [1.29, 1.82) is 0 Å². The number of methoxy groups -OCH3 is 1. The Morgan fingerprint density at radius 3 is 2.75 bits per heavy atom. The number of esters is 1. The van der Waals surface area contributed by atoms with Crippen molar-refractivity contribution >= 4 is 29.2 Å². The summed E-state index contributed by atoms with van der Waals surface area (Å²) in [6, 6.07) is 14.1. The Labute approximate surface area is 165 Å². The lowest BCUT2D eigenvalue weighted by Gasteiger charge is -2.09. The molecule has 28 heavy (non-hydrogen) atoms. The fourth-order valence-electron chi connectivity index (χ4n) is 2.91. The molecule has 6 heteroatoms. The van der Waals surface area contributed by atoms with Crippen LogP contribution in [0.25, 0.3) is 6.08 Å². The first-order valence-corrected chi connectivity index (χ1v) is 9.42. The van der Waals surface area contributed by atoms with Gasteiger partial charge in [0, 0.05) is 5.56 Å². The third kappa shape index (κ3) is 3.30. The lowest BCUT2D eigenvalue weighted by molar-refractivity contribution is 0.0738. The molecule has 0 atom stereocenters. The Morgan fingerprint density at radius 2 is 2.00 bits per heavy atom. The van der Waals surface area contributed by atoms with Gasteiger partial charge < -0.3 is 14.2 Å². The summed E-state index contributed by atoms with van der Waals surface area (Å²) in [5.41, 5.74) is 1.84. The first-order valence-electron chi connectivity index (χ1n) is 8.54. The van der Waals surface area contributed by atoms with Crippen LogP contribution in [0.15, 0.2) is 59.7 Å². The molecule has 0 bridgehead atoms. The van der Waals surface area contributed by atoms with Crippen LogP contribution < -0.4 is 14.2 Å². The number of fused-ring (bicyclic) bond motifs is 1. The number of Topliss-reactive ketones (excluding diaryl/α,β-unsaturated/α-hetero) is 1. The van der Waals surface area contributed by atoms with Gasteiger partial charge in [0.1, 0.15) is 22.1 Å². The molecule has 2 heterocycles. The van der Waals surface area contributed by atoms with Crippen molar-refractivity contribution in [2.24, 2.45) is 0 Å². The number of hydrogen-bond acceptors (Lipinski definition) is 6. The Hall–Kier alpha value is -3.38. The summed E-state index contributed by atoms with van der Waals surface area (Å²) < 4.78 is 16.5. The Balaban J connectivity index is 1.62. The standard InChI is InChI=1S/C22H16O5S/c1-13-17(27-22(24)19-7-4-10-28-19)9-8-16-20(23)18(26-21(13)16)12-14-5-3-6-15(11-14)25-2/h3-12H,1-2H3/b18-12-. The van der Waals surface area contributed by atoms with Gasteiger partial charge in [0.25, 0.3) is 0 Å². The Kier molecular flexibility index (Phi) is 4.71. The van der Waals surface area contributed by atoms with E-state index in [4.69, 9.17) is 14.2 Å². The minimum Gasteiger partial charge on any atom is -0.497 e. The summed E-state index contributed by atoms with van der Waals surface area (Å²) >= 11 is 1.31. The van der Waals surface area contributed by atoms with Crippen LogP contribution in [-0.2, 0) is 0 Å². The first-order chi connectivity index (χ1) is 13.6. The maximum Gasteiger partial charge on any atom is 0.353 e. The largest absolute Gasteiger partial charge is 0.497 e. The number of rotatable bonds is 4. The van der Waals surface area contributed by atoms with E-state index in [-0.39, 0.29) is 11.5 Å². The van der Waals surface area contributed by atoms with Crippen LogP contribution in [0.3, 0.4) is 0 Å². The predicted molar refractivity (Wildman–Crippen MR) is 106 cm³/mol. The summed E-state index contributed by atoms with van der Waals surface area (Å²) in [7, 11) is 1.59. The van der Waals surface area contributed by atoms with Crippen molar-refractivity contribution in [3.63, 3.8) is 0 Å². The zero-order valence-corrected chi connectivity index (χ0v) is 16.0. The summed E-state index contributed by atoms with van der Waals surface area (Å²) in [5, 5.41) is 1.81. The molecule has 5 nitrogen and oxygen atoms in total. The van der Waals surface area contributed by atoms with Gasteiger partial charge >= 0.3 is 5.97 Å². The second-order valence-corrected chi connectivity index (χ2v) is 7.10. The number of carbonyl (C=O) groups is 2. The molecular formula is C22H16O5S. The normalized spacial score (nSPS) is 13.9. The molecule has 0 fully saturated rings. The van der Waals surface area contributed by atoms with Crippen LogP contribution in [0, 0.1) is 6.92 Å². The maximum atomic E-state index is 12.7. The van der Waals surface area contributed by atoms with E-state index < -0.39 is 5.97 Å². The minimum atomic E-state index is -0.436. The monoisotopic (exact) mass is 392 g/mol. The van der Waals surface area contributed by atoms with Crippen LogP contribution in [0.2, 0.25) is 0 Å². The number of carbonyl (C=O) groups excluding carboxylic acids is 2. The van der Waals surface area contributed by atoms with Gasteiger partial charge in [0.2, 0.25) is 5.78 Å². The molecule has 0 aliphatic carbocycles. The van der Waals surface area contributed by atoms with Gasteiger partial charge in [-0.25, -0.2) is 4.79 Å². The summed E-state index contributed by atoms with van der Waals surface area (Å²) in [6.07, 6.45) is 1.67. The second kappa shape index (κ2) is 7.32. The lowest BCUT2D eigenvalue weighted by atomic mass is 10.1. The molecule has 0 radical (unpaired) electrons. The van der Waals surface area contributed by atoms with Gasteiger partial charge in [0.15, 0.2) is 5.76 Å². The van der Waals surface area contributed by atoms with Gasteiger partial charge in [-0.15, -0.1) is 11.3 Å². The highest BCUT2D eigenvalue weighted by Gasteiger charge is 2.30. The summed E-state index contributed by atoms with van der Waals surface area (Å²) in [6.45, 7) is 1.76. The van der Waals surface area contributed by atoms with Crippen molar-refractivity contribution < 1.29 is 23.8 Å². The van der Waals surface area contributed by atoms with E-state index in [0.29, 0.717) is 33.3 Å². The zero-order valence-electron chi connectivity index (χ0n) is 15.2. The van der Waals surface area contributed by atoms with E-state index in [1.54, 1.807) is 44.4 Å². The summed E-state index contributed by atoms with van der Waals surface area (Å²) in [5.74, 6) is 1.04. The second-order valence-electron chi connectivity index (χ2n) is 6.15. The van der Waals surface area contributed by atoms with Crippen molar-refractivity contribution in [2.75, 3.05) is 7.11 Å². The molecule has 4 rings (SSSR count). The molecule has 2 aromatic carbocycles. The topological polar surface area (TPSA) is 61.8 Å². The number of hydrogen-bond donors (Lipinski definition) is 0. The third-order valence-corrected chi connectivity index (χ3v) is 5.20. The Morgan fingerprint density at radius 1 is 1.14 bits per heavy atom. The van der Waals surface area contributed by atoms with Crippen LogP contribution in [0.4, 0.5) is 0 Å². The molecule has 140 valence electrons. The number of ketones is 1. The number of allylic oxidation sites excluding steroid dienone is 1. The van der Waals surface area contributed by atoms with Gasteiger partial charge in [-0.05, 0) is 54.3 Å². The van der Waals surface area contributed by atoms with Crippen molar-refractivity contribution in [1.82, 2.24) is 0 Å². The molecule has 0 N–H and O–H groups in total. The molecule has 0 saturated heterocycles. The third-order valence-electron chi connectivity index (χ3n) is 4.35. The molecule has 0 amide bonds. The molecule has 3 aromatic rings. The van der Waals surface area contributed by atoms with Crippen LogP contribution in [0.1, 0.15) is 31.2 Å². The van der Waals surface area contributed by atoms with Gasteiger partial charge in [-0.2, -0.15) is 0 Å². The van der Waals surface area contributed by atoms with E-state index in [2.05, 4.69) is 0 Å². The fourth-order valence-corrected chi connectivity index (χ4v) is 3.50. The average molecular weight is 392 g/mol. The smallest absolute Gasteiger partial charge is 0.353 e. The minimum absolute atomic E-state index is 0.211. The molecule has 0 unspecified atom stereocenters. The molecule has 0 spiro atoms. The lowest BCUT2D eigenvalue weighted by Crippen LogP contribution is -2.07. The van der Waals surface area contributed by atoms with E-state index in [1.165, 1.54) is 11.3 Å². The zero-order chi connectivity index (χ0) is 19.7. The molecule has 1 aliphatic heterocycles. The average Bonchev–Trinajstić information content (AvgIpc) is 3.34. The fraction of sp³-hybridized carbons (Fsp3) is 0.0909. The Bertz CT molecular complexity index is 1100. The van der Waals surface area contributed by atoms with E-state index in [1.807, 2.05) is 29.6 Å². The van der Waals surface area contributed by atoms with Crippen molar-refractivity contribution in [3.8, 4) is 17.2 Å². The molecule has 1 aliphatic rings. The van der Waals surface area contributed by atoms with Crippen LogP contribution in [-0.4, -0.2) is 18.9 Å². The molecule has 1 aromatic heterocycles. The van der Waals surface area contributed by atoms with Crippen molar-refractivity contribution in [3.05, 3.63) is 81.2 Å². The number of ether oxygens (including phenoxy) is 3. The number of benzene rings is 2. The molecular weight excluding hydrogens is 376 g/mol. The highest BCUT2D eigenvalue weighted by molar-refractivity contribution is 7.12. The van der Waals surface area contributed by atoms with E-state index in [9.17, 15) is 9.59 Å². The van der Waals surface area contributed by atoms with Crippen LogP contribution >= 0.6 is 11.3 Å². The number of thiophene rings is 1. The summed E-state index contributed by atoms with van der Waals surface area (Å²) in [4.78, 5) is 25.4. The maximum absolute atomic E-state index is 12.7. The van der Waals surface area contributed by atoms with Gasteiger partial charge in [-0.3, -0.25) is 4.79 Å². The quantitative estimate of drug-likeness (QED) is 0.359. The highest BCUT2D eigenvalue weighted by atomic mass is 32.1. The van der Waals surface area contributed by atoms with E-state index >= 15 is 0 Å². The van der Waals surface area contributed by atoms with Crippen molar-refractivity contribution in [2.45, 2.75) is 6.92 Å². The predicted octanol–water partition coefficient (Wildman–Crippen LogP) is 4.90. The molecule has 0 saturated carbocycles. The highest BCUT2D eigenvalue weighted by Crippen LogP contribution is 2.39. The van der Waals surface area contributed by atoms with Crippen LogP contribution in [0.5, 0.6) is 17.2 Å². The SMILES string of the molecule is COc1cccc(/C=C2\Oc3c(ccc(OC(=O)c4cccs4)c3C)C2=O)c1. The first kappa shape index (κ1) is 18.0. The van der Waals surface area contributed by atoms with Gasteiger partial charge in [0.05, 0.1) is 12.7 Å². The van der Waals surface area contributed by atoms with Gasteiger partial charge in [-0.1, -0.05) is 18.2 Å². The van der Waals surface area contributed by atoms with E-state index in [0.717, 1.165) is 5.56 Å².